The smallest absolute Gasteiger partial charge is 0.317 e. The third kappa shape index (κ3) is 3.42. The van der Waals surface area contributed by atoms with Crippen LogP contribution in [0, 0.1) is 12.7 Å². The first-order valence-corrected chi connectivity index (χ1v) is 8.64. The van der Waals surface area contributed by atoms with Gasteiger partial charge in [0.05, 0.1) is 18.6 Å². The van der Waals surface area contributed by atoms with Gasteiger partial charge in [-0.05, 0) is 24.5 Å². The summed E-state index contributed by atoms with van der Waals surface area (Å²) in [5.74, 6) is -0.357. The van der Waals surface area contributed by atoms with Gasteiger partial charge in [0.25, 0.3) is 0 Å². The van der Waals surface area contributed by atoms with Gasteiger partial charge in [-0.1, -0.05) is 48.0 Å². The minimum Gasteiger partial charge on any atom is -0.341 e. The predicted octanol–water partition coefficient (Wildman–Crippen LogP) is 3.03. The molecule has 138 valence electrons. The highest BCUT2D eigenvalue weighted by Crippen LogP contribution is 2.29. The highest BCUT2D eigenvalue weighted by molar-refractivity contribution is 5.75. The summed E-state index contributed by atoms with van der Waals surface area (Å²) in [6.07, 6.45) is -1.15. The lowest BCUT2D eigenvalue weighted by Crippen LogP contribution is -2.47. The molecule has 4 nitrogen and oxygen atoms in total. The van der Waals surface area contributed by atoms with Gasteiger partial charge in [0.1, 0.15) is 12.0 Å². The van der Waals surface area contributed by atoms with E-state index in [9.17, 15) is 9.18 Å². The maximum atomic E-state index is 15.1. The molecule has 0 aliphatic carbocycles. The number of carbonyl (C=O) groups is 1. The fourth-order valence-electron chi connectivity index (χ4n) is 3.52. The highest BCUT2D eigenvalue weighted by atomic mass is 19.1. The molecule has 1 saturated heterocycles. The van der Waals surface area contributed by atoms with Gasteiger partial charge in [0.2, 0.25) is 0 Å². The Morgan fingerprint density at radius 2 is 2.04 bits per heavy atom. The monoisotopic (exact) mass is 359 g/mol. The molecule has 3 N–H and O–H groups in total. The number of carbonyl (C=O) groups excluding carboxylic acids is 1. The molecule has 3 rings (SSSR count). The van der Waals surface area contributed by atoms with Crippen LogP contribution in [-0.4, -0.2) is 42.8 Å². The van der Waals surface area contributed by atoms with E-state index in [4.69, 9.17) is 5.73 Å². The number of halogens is 2. The van der Waals surface area contributed by atoms with Crippen molar-refractivity contribution in [3.8, 4) is 11.1 Å². The van der Waals surface area contributed by atoms with Crippen LogP contribution in [-0.2, 0) is 6.42 Å². The van der Waals surface area contributed by atoms with Crippen molar-refractivity contribution < 1.29 is 13.6 Å². The summed E-state index contributed by atoms with van der Waals surface area (Å²) in [6, 6.07) is 10.9. The van der Waals surface area contributed by atoms with E-state index >= 15 is 4.39 Å². The van der Waals surface area contributed by atoms with Crippen LogP contribution < -0.4 is 11.1 Å². The van der Waals surface area contributed by atoms with Gasteiger partial charge in [-0.15, -0.1) is 0 Å². The summed E-state index contributed by atoms with van der Waals surface area (Å²) in [7, 11) is 1.48. The summed E-state index contributed by atoms with van der Waals surface area (Å²) >= 11 is 0. The molecule has 1 fully saturated rings. The van der Waals surface area contributed by atoms with E-state index in [0.717, 1.165) is 11.1 Å². The van der Waals surface area contributed by atoms with Crippen molar-refractivity contribution in [3.63, 3.8) is 0 Å². The Morgan fingerprint density at radius 1 is 1.31 bits per heavy atom. The zero-order valence-corrected chi connectivity index (χ0v) is 14.9. The Kier molecular flexibility index (Phi) is 5.23. The maximum absolute atomic E-state index is 15.1. The van der Waals surface area contributed by atoms with Crippen LogP contribution >= 0.6 is 0 Å². The summed E-state index contributed by atoms with van der Waals surface area (Å²) in [4.78, 5) is 13.4. The lowest BCUT2D eigenvalue weighted by Gasteiger charge is -2.26. The van der Waals surface area contributed by atoms with Crippen LogP contribution in [0.4, 0.5) is 13.6 Å². The van der Waals surface area contributed by atoms with Gasteiger partial charge < -0.3 is 16.0 Å². The number of hydrogen-bond donors (Lipinski definition) is 2. The molecule has 3 atom stereocenters. The van der Waals surface area contributed by atoms with Gasteiger partial charge in [-0.3, -0.25) is 0 Å². The highest BCUT2D eigenvalue weighted by Gasteiger charge is 2.42. The SMILES string of the molecule is CNC(=O)N1C[C@H](F)[C@H](N)[C@@H]1Cc1cccc(-c2cccc(C)c2)c1F. The molecule has 0 saturated carbocycles. The Bertz CT molecular complexity index is 811. The van der Waals surface area contributed by atoms with E-state index < -0.39 is 24.3 Å². The Morgan fingerprint density at radius 3 is 2.73 bits per heavy atom. The van der Waals surface area contributed by atoms with E-state index in [-0.39, 0.29) is 18.8 Å². The number of nitrogens with one attached hydrogen (secondary N) is 1. The van der Waals surface area contributed by atoms with Crippen molar-refractivity contribution in [1.29, 1.82) is 0 Å². The second-order valence-corrected chi connectivity index (χ2v) is 6.72. The maximum Gasteiger partial charge on any atom is 0.317 e. The quantitative estimate of drug-likeness (QED) is 0.885. The van der Waals surface area contributed by atoms with Crippen LogP contribution in [0.1, 0.15) is 11.1 Å². The van der Waals surface area contributed by atoms with Crippen LogP contribution in [0.5, 0.6) is 0 Å². The topological polar surface area (TPSA) is 58.4 Å². The number of alkyl halides is 1. The minimum atomic E-state index is -1.32. The number of aryl methyl sites for hydroxylation is 1. The molecule has 1 aliphatic heterocycles. The third-order valence-electron chi connectivity index (χ3n) is 4.94. The standard InChI is InChI=1S/C20H23F2N3O/c1-12-5-3-6-13(9-12)15-8-4-7-14(18(15)22)10-17-19(23)16(21)11-25(17)20(26)24-2/h3-9,16-17,19H,10-11,23H2,1-2H3,(H,24,26)/t16-,17-,19-/m0/s1. The normalized spacial score (nSPS) is 22.5. The fourth-order valence-corrected chi connectivity index (χ4v) is 3.52. The average Bonchev–Trinajstić information content (AvgIpc) is 2.91. The van der Waals surface area contributed by atoms with Crippen molar-refractivity contribution in [2.24, 2.45) is 5.73 Å². The third-order valence-corrected chi connectivity index (χ3v) is 4.94. The number of nitrogens with zero attached hydrogens (tertiary/aromatic N) is 1. The Balaban J connectivity index is 1.92. The van der Waals surface area contributed by atoms with Crippen molar-refractivity contribution in [2.45, 2.75) is 31.6 Å². The van der Waals surface area contributed by atoms with Gasteiger partial charge in [0.15, 0.2) is 0 Å². The van der Waals surface area contributed by atoms with Gasteiger partial charge >= 0.3 is 6.03 Å². The van der Waals surface area contributed by atoms with E-state index in [0.29, 0.717) is 11.1 Å². The molecular weight excluding hydrogens is 336 g/mol. The number of benzene rings is 2. The zero-order valence-electron chi connectivity index (χ0n) is 14.9. The molecular formula is C20H23F2N3O. The number of nitrogens with two attached hydrogens (primary N) is 1. The first kappa shape index (κ1) is 18.3. The van der Waals surface area contributed by atoms with Crippen molar-refractivity contribution in [3.05, 3.63) is 59.4 Å². The number of amides is 2. The van der Waals surface area contributed by atoms with Crippen molar-refractivity contribution >= 4 is 6.03 Å². The largest absolute Gasteiger partial charge is 0.341 e. The molecule has 6 heteroatoms. The zero-order chi connectivity index (χ0) is 18.8. The summed E-state index contributed by atoms with van der Waals surface area (Å²) in [5, 5.41) is 2.49. The van der Waals surface area contributed by atoms with Crippen molar-refractivity contribution in [1.82, 2.24) is 10.2 Å². The first-order chi connectivity index (χ1) is 12.4. The number of likely N-dealkylation sites (tertiary alicyclic amines) is 1. The van der Waals surface area contributed by atoms with Crippen LogP contribution in [0.15, 0.2) is 42.5 Å². The molecule has 1 heterocycles. The molecule has 2 aromatic rings. The van der Waals surface area contributed by atoms with Crippen LogP contribution in [0.25, 0.3) is 11.1 Å². The van der Waals surface area contributed by atoms with Gasteiger partial charge in [-0.25, -0.2) is 13.6 Å². The molecule has 0 radical (unpaired) electrons. The summed E-state index contributed by atoms with van der Waals surface area (Å²) in [6.45, 7) is 1.87. The number of rotatable bonds is 3. The molecule has 26 heavy (non-hydrogen) atoms. The second kappa shape index (κ2) is 7.41. The Labute approximate surface area is 152 Å². The van der Waals surface area contributed by atoms with E-state index in [1.807, 2.05) is 31.2 Å². The van der Waals surface area contributed by atoms with Gasteiger partial charge in [0, 0.05) is 12.6 Å². The molecule has 0 bridgehead atoms. The molecule has 2 amide bonds. The number of hydrogen-bond acceptors (Lipinski definition) is 2. The van der Waals surface area contributed by atoms with Gasteiger partial charge in [-0.2, -0.15) is 0 Å². The van der Waals surface area contributed by atoms with E-state index in [1.165, 1.54) is 11.9 Å². The molecule has 0 aromatic heterocycles. The second-order valence-electron chi connectivity index (χ2n) is 6.72. The summed E-state index contributed by atoms with van der Waals surface area (Å²) in [5.41, 5.74) is 8.69. The van der Waals surface area contributed by atoms with Crippen LogP contribution in [0.2, 0.25) is 0 Å². The van der Waals surface area contributed by atoms with Crippen LogP contribution in [0.3, 0.4) is 0 Å². The minimum absolute atomic E-state index is 0.0787. The lowest BCUT2D eigenvalue weighted by atomic mass is 9.95. The van der Waals surface area contributed by atoms with E-state index in [1.54, 1.807) is 18.2 Å². The first-order valence-electron chi connectivity index (χ1n) is 8.64. The molecule has 0 spiro atoms. The molecule has 0 unspecified atom stereocenters. The lowest BCUT2D eigenvalue weighted by molar-refractivity contribution is 0.190. The van der Waals surface area contributed by atoms with Crippen molar-refractivity contribution in [2.75, 3.05) is 13.6 Å². The molecule has 1 aliphatic rings. The number of urea groups is 1. The Hall–Kier alpha value is -2.47. The van der Waals surface area contributed by atoms with E-state index in [2.05, 4.69) is 5.32 Å². The summed E-state index contributed by atoms with van der Waals surface area (Å²) < 4.78 is 29.2. The fraction of sp³-hybridized carbons (Fsp3) is 0.350. The average molecular weight is 359 g/mol. The molecule has 2 aromatic carbocycles. The predicted molar refractivity (Wildman–Crippen MR) is 98.1 cm³/mol.